The summed E-state index contributed by atoms with van der Waals surface area (Å²) in [6.45, 7) is 0. The molecule has 0 atom stereocenters. The Labute approximate surface area is 113 Å². The Bertz CT molecular complexity index is 493. The lowest BCUT2D eigenvalue weighted by Gasteiger charge is -2.06. The van der Waals surface area contributed by atoms with E-state index in [1.54, 1.807) is 0 Å². The van der Waals surface area contributed by atoms with Gasteiger partial charge in [-0.2, -0.15) is 0 Å². The van der Waals surface area contributed by atoms with Gasteiger partial charge in [0.15, 0.2) is 0 Å². The van der Waals surface area contributed by atoms with Crippen molar-refractivity contribution in [3.63, 3.8) is 0 Å². The lowest BCUT2D eigenvalue weighted by Crippen LogP contribution is -1.96. The highest BCUT2D eigenvalue weighted by molar-refractivity contribution is 6.66. The van der Waals surface area contributed by atoms with Crippen LogP contribution in [0, 0.1) is 0 Å². The van der Waals surface area contributed by atoms with Gasteiger partial charge in [0.1, 0.15) is 0 Å². The molecule has 0 saturated heterocycles. The summed E-state index contributed by atoms with van der Waals surface area (Å²) in [7, 11) is 0. The number of aromatic nitrogens is 2. The van der Waals surface area contributed by atoms with E-state index >= 15 is 0 Å². The molecular formula is C11H7Cl3N2O. The average Bonchev–Trinajstić information content (AvgIpc) is 2.73. The summed E-state index contributed by atoms with van der Waals surface area (Å²) in [5.41, 5.74) is 2.74. The summed E-state index contributed by atoms with van der Waals surface area (Å²) >= 11 is 16.1. The third-order valence-corrected chi connectivity index (χ3v) is 2.64. The highest BCUT2D eigenvalue weighted by Gasteiger charge is 2.27. The molecule has 6 heteroatoms. The van der Waals surface area contributed by atoms with E-state index in [1.807, 2.05) is 0 Å². The van der Waals surface area contributed by atoms with Gasteiger partial charge in [-0.15, -0.1) is 5.10 Å². The number of hydrogen-bond donors (Lipinski definition) is 0. The summed E-state index contributed by atoms with van der Waals surface area (Å²) in [6, 6.07) is 8.36. The lowest BCUT2D eigenvalue weighted by atomic mass is 9.99. The van der Waals surface area contributed by atoms with E-state index in [0.29, 0.717) is 0 Å². The molecule has 0 aliphatic heterocycles. The first-order valence-electron chi connectivity index (χ1n) is 4.69. The maximum Gasteiger partial charge on any atom is 0.252 e. The third kappa shape index (κ3) is 3.22. The standard InChI is InChI=1S/C8H6.C3HCl3N2O/c1-2-4-8-6-5-7(8)3-1;4-3(5,6)2-1-7-8-9-2/h1-6H;1H. The first-order valence-corrected chi connectivity index (χ1v) is 5.82. The van der Waals surface area contributed by atoms with Crippen molar-refractivity contribution >= 4 is 47.0 Å². The second-order valence-corrected chi connectivity index (χ2v) is 5.52. The van der Waals surface area contributed by atoms with Gasteiger partial charge in [0.25, 0.3) is 3.79 Å². The molecule has 1 aromatic heterocycles. The molecular weight excluding hydrogens is 282 g/mol. The second-order valence-electron chi connectivity index (χ2n) is 3.24. The lowest BCUT2D eigenvalue weighted by molar-refractivity contribution is 0.365. The van der Waals surface area contributed by atoms with Crippen LogP contribution >= 0.6 is 34.8 Å². The molecule has 0 saturated carbocycles. The van der Waals surface area contributed by atoms with Crippen molar-refractivity contribution in [2.75, 3.05) is 0 Å². The number of nitrogens with zero attached hydrogens (tertiary/aromatic N) is 2. The van der Waals surface area contributed by atoms with Crippen LogP contribution in [0.3, 0.4) is 0 Å². The van der Waals surface area contributed by atoms with E-state index in [9.17, 15) is 0 Å². The molecule has 1 aromatic carbocycles. The summed E-state index contributed by atoms with van der Waals surface area (Å²) in [4.78, 5) is 0. The molecule has 0 radical (unpaired) electrons. The minimum atomic E-state index is -1.55. The zero-order chi connectivity index (χ0) is 12.3. The van der Waals surface area contributed by atoms with Crippen LogP contribution in [0.25, 0.3) is 12.2 Å². The first-order chi connectivity index (χ1) is 8.07. The SMILES string of the molecule is C1=Cc2ccccc21.ClC(Cl)(Cl)c1cnno1. The summed E-state index contributed by atoms with van der Waals surface area (Å²) in [5, 5.41) is 6.43. The smallest absolute Gasteiger partial charge is 0.252 e. The van der Waals surface area contributed by atoms with Gasteiger partial charge in [-0.05, 0) is 11.1 Å². The number of alkyl halides is 3. The zero-order valence-corrected chi connectivity index (χ0v) is 10.7. The van der Waals surface area contributed by atoms with E-state index < -0.39 is 3.79 Å². The number of halogens is 3. The Morgan fingerprint density at radius 3 is 1.82 bits per heavy atom. The predicted molar refractivity (Wildman–Crippen MR) is 68.9 cm³/mol. The third-order valence-electron chi connectivity index (χ3n) is 2.08. The monoisotopic (exact) mass is 288 g/mol. The van der Waals surface area contributed by atoms with Crippen molar-refractivity contribution in [2.45, 2.75) is 3.79 Å². The largest absolute Gasteiger partial charge is 0.337 e. The van der Waals surface area contributed by atoms with Crippen LogP contribution in [0.15, 0.2) is 35.0 Å². The fourth-order valence-electron chi connectivity index (χ4n) is 1.19. The normalized spacial score (nSPS) is 12.2. The average molecular weight is 290 g/mol. The van der Waals surface area contributed by atoms with Gasteiger partial charge < -0.3 is 4.52 Å². The maximum absolute atomic E-state index is 5.36. The topological polar surface area (TPSA) is 38.9 Å². The van der Waals surface area contributed by atoms with Crippen molar-refractivity contribution in [2.24, 2.45) is 0 Å². The highest BCUT2D eigenvalue weighted by atomic mass is 35.6. The Hall–Kier alpha value is -1.03. The van der Waals surface area contributed by atoms with Crippen molar-refractivity contribution in [1.29, 1.82) is 0 Å². The number of hydrogen-bond acceptors (Lipinski definition) is 3. The molecule has 0 amide bonds. The summed E-state index contributed by atoms with van der Waals surface area (Å²) < 4.78 is 2.89. The van der Waals surface area contributed by atoms with Crippen LogP contribution in [0.2, 0.25) is 0 Å². The zero-order valence-electron chi connectivity index (χ0n) is 8.48. The number of rotatable bonds is 0. The van der Waals surface area contributed by atoms with Crippen LogP contribution in [0.1, 0.15) is 16.9 Å². The molecule has 3 rings (SSSR count). The molecule has 0 unspecified atom stereocenters. The predicted octanol–water partition coefficient (Wildman–Crippen LogP) is 4.07. The molecule has 3 nitrogen and oxygen atoms in total. The summed E-state index contributed by atoms with van der Waals surface area (Å²) in [6.07, 6.45) is 5.48. The first kappa shape index (κ1) is 12.4. The van der Waals surface area contributed by atoms with Gasteiger partial charge in [-0.3, -0.25) is 0 Å². The number of fused-ring (bicyclic) bond motifs is 1. The van der Waals surface area contributed by atoms with Crippen LogP contribution in [-0.4, -0.2) is 10.4 Å². The Morgan fingerprint density at radius 2 is 1.59 bits per heavy atom. The van der Waals surface area contributed by atoms with E-state index in [2.05, 4.69) is 51.3 Å². The Balaban J connectivity index is 0.000000127. The molecule has 1 aliphatic rings. The van der Waals surface area contributed by atoms with E-state index in [0.717, 1.165) is 0 Å². The van der Waals surface area contributed by atoms with Crippen molar-refractivity contribution in [3.8, 4) is 0 Å². The summed E-state index contributed by atoms with van der Waals surface area (Å²) in [5.74, 6) is 0.118. The van der Waals surface area contributed by atoms with Crippen molar-refractivity contribution < 1.29 is 4.52 Å². The molecule has 1 heterocycles. The molecule has 2 aromatic rings. The van der Waals surface area contributed by atoms with Crippen molar-refractivity contribution in [1.82, 2.24) is 10.4 Å². The molecule has 0 spiro atoms. The van der Waals surface area contributed by atoms with Crippen LogP contribution < -0.4 is 0 Å². The van der Waals surface area contributed by atoms with Crippen LogP contribution in [0.4, 0.5) is 0 Å². The molecule has 0 N–H and O–H groups in total. The molecule has 0 bridgehead atoms. The van der Waals surface area contributed by atoms with Gasteiger partial charge in [0.05, 0.1) is 6.20 Å². The van der Waals surface area contributed by atoms with E-state index in [1.165, 1.54) is 17.3 Å². The Kier molecular flexibility index (Phi) is 3.72. The fourth-order valence-corrected chi connectivity index (χ4v) is 1.44. The molecule has 88 valence electrons. The Morgan fingerprint density at radius 1 is 1.00 bits per heavy atom. The van der Waals surface area contributed by atoms with Gasteiger partial charge in [-0.1, -0.05) is 71.2 Å². The minimum Gasteiger partial charge on any atom is -0.337 e. The second kappa shape index (κ2) is 5.08. The van der Waals surface area contributed by atoms with Gasteiger partial charge in [0, 0.05) is 5.27 Å². The van der Waals surface area contributed by atoms with Gasteiger partial charge in [0.2, 0.25) is 5.76 Å². The molecule has 1 aliphatic carbocycles. The van der Waals surface area contributed by atoms with E-state index in [-0.39, 0.29) is 5.76 Å². The minimum absolute atomic E-state index is 0.118. The van der Waals surface area contributed by atoms with Crippen molar-refractivity contribution in [3.05, 3.63) is 47.3 Å². The quantitative estimate of drug-likeness (QED) is 0.586. The molecule has 17 heavy (non-hydrogen) atoms. The number of benzene rings is 1. The van der Waals surface area contributed by atoms with E-state index in [4.69, 9.17) is 34.8 Å². The fraction of sp³-hybridized carbons (Fsp3) is 0.0909. The van der Waals surface area contributed by atoms with Crippen LogP contribution in [0.5, 0.6) is 0 Å². The van der Waals surface area contributed by atoms with Crippen LogP contribution in [-0.2, 0) is 3.79 Å². The maximum atomic E-state index is 5.36. The molecule has 0 fully saturated rings. The highest BCUT2D eigenvalue weighted by Crippen LogP contribution is 2.37. The van der Waals surface area contributed by atoms with Gasteiger partial charge in [-0.25, -0.2) is 0 Å². The van der Waals surface area contributed by atoms with Gasteiger partial charge >= 0.3 is 0 Å².